The van der Waals surface area contributed by atoms with Crippen LogP contribution in [0.15, 0.2) is 47.8 Å². The van der Waals surface area contributed by atoms with E-state index < -0.39 is 0 Å². The highest BCUT2D eigenvalue weighted by molar-refractivity contribution is 7.09. The van der Waals surface area contributed by atoms with Crippen LogP contribution in [-0.2, 0) is 11.3 Å². The Morgan fingerprint density at radius 1 is 1.08 bits per heavy atom. The Balaban J connectivity index is 1.49. The van der Waals surface area contributed by atoms with Crippen molar-refractivity contribution in [3.05, 3.63) is 52.7 Å². The molecule has 1 aliphatic rings. The van der Waals surface area contributed by atoms with Crippen LogP contribution in [0.4, 0.5) is 5.69 Å². The second-order valence-electron chi connectivity index (χ2n) is 6.09. The third-order valence-corrected chi connectivity index (χ3v) is 5.37. The maximum atomic E-state index is 12.6. The molecule has 0 N–H and O–H groups in total. The minimum atomic E-state index is 0.233. The van der Waals surface area contributed by atoms with Crippen LogP contribution in [0.25, 0.3) is 0 Å². The van der Waals surface area contributed by atoms with Gasteiger partial charge in [0.2, 0.25) is 5.91 Å². The topological polar surface area (TPSA) is 26.8 Å². The monoisotopic (exact) mass is 343 g/mol. The van der Waals surface area contributed by atoms with Gasteiger partial charge in [0.25, 0.3) is 0 Å². The van der Waals surface area contributed by atoms with Crippen LogP contribution in [0.5, 0.6) is 0 Å². The van der Waals surface area contributed by atoms with Crippen LogP contribution < -0.4 is 4.90 Å². The van der Waals surface area contributed by atoms with E-state index in [4.69, 9.17) is 0 Å². The Morgan fingerprint density at radius 3 is 2.46 bits per heavy atom. The van der Waals surface area contributed by atoms with E-state index in [0.717, 1.165) is 45.0 Å². The summed E-state index contributed by atoms with van der Waals surface area (Å²) in [7, 11) is 0. The number of hydrogen-bond donors (Lipinski definition) is 0. The lowest BCUT2D eigenvalue weighted by Gasteiger charge is -2.35. The van der Waals surface area contributed by atoms with Gasteiger partial charge in [-0.2, -0.15) is 0 Å². The van der Waals surface area contributed by atoms with Crippen molar-refractivity contribution in [2.75, 3.05) is 44.2 Å². The van der Waals surface area contributed by atoms with Gasteiger partial charge in [-0.25, -0.2) is 0 Å². The zero-order valence-corrected chi connectivity index (χ0v) is 15.0. The molecular formula is C19H25N3OS. The maximum Gasteiger partial charge on any atom is 0.242 e. The van der Waals surface area contributed by atoms with Crippen molar-refractivity contribution in [2.45, 2.75) is 13.5 Å². The van der Waals surface area contributed by atoms with Gasteiger partial charge in [-0.05, 0) is 30.5 Å². The van der Waals surface area contributed by atoms with Crippen molar-refractivity contribution in [2.24, 2.45) is 0 Å². The van der Waals surface area contributed by atoms with Gasteiger partial charge in [0, 0.05) is 49.8 Å². The third kappa shape index (κ3) is 4.36. The zero-order valence-electron chi connectivity index (χ0n) is 14.2. The van der Waals surface area contributed by atoms with Crippen LogP contribution in [-0.4, -0.2) is 55.0 Å². The van der Waals surface area contributed by atoms with Crippen LogP contribution in [0.3, 0.4) is 0 Å². The molecule has 0 radical (unpaired) electrons. The largest absolute Gasteiger partial charge is 0.362 e. The molecule has 128 valence electrons. The van der Waals surface area contributed by atoms with Gasteiger partial charge in [-0.1, -0.05) is 24.3 Å². The normalized spacial score (nSPS) is 15.5. The molecule has 0 atom stereocenters. The van der Waals surface area contributed by atoms with Gasteiger partial charge >= 0.3 is 0 Å². The molecule has 1 amide bonds. The maximum absolute atomic E-state index is 12.6. The van der Waals surface area contributed by atoms with E-state index >= 15 is 0 Å². The highest BCUT2D eigenvalue weighted by atomic mass is 32.1. The fourth-order valence-corrected chi connectivity index (χ4v) is 3.81. The molecule has 0 saturated carbocycles. The fraction of sp³-hybridized carbons (Fsp3) is 0.421. The van der Waals surface area contributed by atoms with Gasteiger partial charge < -0.3 is 9.80 Å². The zero-order chi connectivity index (χ0) is 16.8. The molecule has 4 nitrogen and oxygen atoms in total. The Bertz CT molecular complexity index is 621. The number of piperazine rings is 1. The number of nitrogens with zero attached hydrogens (tertiary/aromatic N) is 3. The first-order chi connectivity index (χ1) is 11.8. The molecule has 0 spiro atoms. The standard InChI is InChI=1S/C19H25N3OS/c1-2-21(17-7-4-3-5-8-17)16-19(23)22-12-10-20(11-13-22)15-18-9-6-14-24-18/h3-9,14H,2,10-13,15-16H2,1H3. The van der Waals surface area contributed by atoms with Crippen molar-refractivity contribution >= 4 is 22.9 Å². The van der Waals surface area contributed by atoms with Gasteiger partial charge in [0.15, 0.2) is 0 Å². The second-order valence-corrected chi connectivity index (χ2v) is 7.12. The number of rotatable bonds is 6. The molecule has 5 heteroatoms. The number of thiophene rings is 1. The van der Waals surface area contributed by atoms with E-state index in [1.807, 2.05) is 23.1 Å². The highest BCUT2D eigenvalue weighted by Crippen LogP contribution is 2.15. The van der Waals surface area contributed by atoms with Crippen LogP contribution in [0.1, 0.15) is 11.8 Å². The first kappa shape index (κ1) is 17.0. The van der Waals surface area contributed by atoms with Gasteiger partial charge in [-0.3, -0.25) is 9.69 Å². The highest BCUT2D eigenvalue weighted by Gasteiger charge is 2.22. The number of amides is 1. The molecule has 1 saturated heterocycles. The predicted molar refractivity (Wildman–Crippen MR) is 101 cm³/mol. The van der Waals surface area contributed by atoms with Crippen molar-refractivity contribution in [1.82, 2.24) is 9.80 Å². The molecule has 1 aromatic carbocycles. The number of benzene rings is 1. The first-order valence-electron chi connectivity index (χ1n) is 8.58. The summed E-state index contributed by atoms with van der Waals surface area (Å²) in [4.78, 5) is 20.6. The number of carbonyl (C=O) groups is 1. The van der Waals surface area contributed by atoms with E-state index in [9.17, 15) is 4.79 Å². The quantitative estimate of drug-likeness (QED) is 0.807. The SMILES string of the molecule is CCN(CC(=O)N1CCN(Cc2cccs2)CC1)c1ccccc1. The summed E-state index contributed by atoms with van der Waals surface area (Å²) < 4.78 is 0. The Labute approximate surface area is 148 Å². The molecule has 0 bridgehead atoms. The number of anilines is 1. The lowest BCUT2D eigenvalue weighted by Crippen LogP contribution is -2.50. The first-order valence-corrected chi connectivity index (χ1v) is 9.46. The summed E-state index contributed by atoms with van der Waals surface area (Å²) in [5.74, 6) is 0.233. The number of carbonyl (C=O) groups excluding carboxylic acids is 1. The summed E-state index contributed by atoms with van der Waals surface area (Å²) in [5, 5.41) is 2.12. The van der Waals surface area contributed by atoms with E-state index in [2.05, 4.69) is 46.4 Å². The summed E-state index contributed by atoms with van der Waals surface area (Å²) in [6.07, 6.45) is 0. The molecule has 2 aromatic rings. The van der Waals surface area contributed by atoms with E-state index in [-0.39, 0.29) is 5.91 Å². The van der Waals surface area contributed by atoms with Gasteiger partial charge in [0.1, 0.15) is 0 Å². The number of hydrogen-bond acceptors (Lipinski definition) is 4. The van der Waals surface area contributed by atoms with E-state index in [1.54, 1.807) is 11.3 Å². The Kier molecular flexibility index (Phi) is 5.88. The molecular weight excluding hydrogens is 318 g/mol. The number of para-hydroxylation sites is 1. The smallest absolute Gasteiger partial charge is 0.242 e. The molecule has 24 heavy (non-hydrogen) atoms. The van der Waals surface area contributed by atoms with Crippen molar-refractivity contribution in [1.29, 1.82) is 0 Å². The molecule has 0 aliphatic carbocycles. The Hall–Kier alpha value is -1.85. The van der Waals surface area contributed by atoms with Crippen molar-refractivity contribution in [3.8, 4) is 0 Å². The molecule has 3 rings (SSSR count). The summed E-state index contributed by atoms with van der Waals surface area (Å²) in [5.41, 5.74) is 1.12. The Morgan fingerprint density at radius 2 is 1.83 bits per heavy atom. The summed E-state index contributed by atoms with van der Waals surface area (Å²) in [6, 6.07) is 14.5. The lowest BCUT2D eigenvalue weighted by molar-refractivity contribution is -0.131. The van der Waals surface area contributed by atoms with Crippen molar-refractivity contribution in [3.63, 3.8) is 0 Å². The number of likely N-dealkylation sites (N-methyl/N-ethyl adjacent to an activating group) is 1. The average molecular weight is 343 g/mol. The predicted octanol–water partition coefficient (Wildman–Crippen LogP) is 2.92. The van der Waals surface area contributed by atoms with Gasteiger partial charge in [-0.15, -0.1) is 11.3 Å². The lowest BCUT2D eigenvalue weighted by atomic mass is 10.2. The van der Waals surface area contributed by atoms with Crippen molar-refractivity contribution < 1.29 is 4.79 Å². The second kappa shape index (κ2) is 8.31. The minimum absolute atomic E-state index is 0.233. The van der Waals surface area contributed by atoms with Crippen LogP contribution >= 0.6 is 11.3 Å². The molecule has 1 aromatic heterocycles. The van der Waals surface area contributed by atoms with Gasteiger partial charge in [0.05, 0.1) is 6.54 Å². The fourth-order valence-electron chi connectivity index (χ4n) is 3.07. The summed E-state index contributed by atoms with van der Waals surface area (Å²) in [6.45, 7) is 7.99. The van der Waals surface area contributed by atoms with Crippen LogP contribution in [0, 0.1) is 0 Å². The molecule has 1 fully saturated rings. The van der Waals surface area contributed by atoms with Crippen LogP contribution in [0.2, 0.25) is 0 Å². The average Bonchev–Trinajstić information content (AvgIpc) is 3.14. The molecule has 0 unspecified atom stereocenters. The molecule has 1 aliphatic heterocycles. The van der Waals surface area contributed by atoms with E-state index in [1.165, 1.54) is 4.88 Å². The summed E-state index contributed by atoms with van der Waals surface area (Å²) >= 11 is 1.80. The third-order valence-electron chi connectivity index (χ3n) is 4.51. The minimum Gasteiger partial charge on any atom is -0.362 e. The van der Waals surface area contributed by atoms with E-state index in [0.29, 0.717) is 6.54 Å². The molecule has 2 heterocycles.